The number of methoxy groups -OCH3 is 2. The normalized spacial score (nSPS) is 13.0. The average molecular weight is 369 g/mol. The summed E-state index contributed by atoms with van der Waals surface area (Å²) in [6.45, 7) is 4.09. The van der Waals surface area contributed by atoms with Crippen molar-refractivity contribution in [1.29, 1.82) is 0 Å². The molecule has 0 aliphatic carbocycles. The maximum atomic E-state index is 13.1. The summed E-state index contributed by atoms with van der Waals surface area (Å²) in [7, 11) is 3.11. The van der Waals surface area contributed by atoms with E-state index in [0.29, 0.717) is 39.8 Å². The second-order valence-corrected chi connectivity index (χ2v) is 6.46. The van der Waals surface area contributed by atoms with E-state index in [1.165, 1.54) is 0 Å². The third-order valence-corrected chi connectivity index (χ3v) is 4.42. The minimum Gasteiger partial charge on any atom is -0.495 e. The van der Waals surface area contributed by atoms with Gasteiger partial charge in [0, 0.05) is 16.7 Å². The van der Waals surface area contributed by atoms with E-state index in [1.807, 2.05) is 32.1 Å². The molecule has 2 N–H and O–H groups in total. The highest BCUT2D eigenvalue weighted by Gasteiger charge is 2.23. The zero-order valence-electron chi connectivity index (χ0n) is 15.9. The maximum Gasteiger partial charge on any atom is 0.231 e. The van der Waals surface area contributed by atoms with Crippen molar-refractivity contribution in [2.24, 2.45) is 5.92 Å². The molecule has 0 radical (unpaired) electrons. The van der Waals surface area contributed by atoms with Crippen LogP contribution in [0.3, 0.4) is 0 Å². The van der Waals surface area contributed by atoms with E-state index in [9.17, 15) is 4.79 Å². The van der Waals surface area contributed by atoms with E-state index in [-0.39, 0.29) is 18.5 Å². The predicted molar refractivity (Wildman–Crippen MR) is 104 cm³/mol. The van der Waals surface area contributed by atoms with Crippen molar-refractivity contribution in [2.45, 2.75) is 13.8 Å². The van der Waals surface area contributed by atoms with Gasteiger partial charge in [0.15, 0.2) is 17.3 Å². The van der Waals surface area contributed by atoms with Crippen LogP contribution in [0.5, 0.6) is 23.0 Å². The summed E-state index contributed by atoms with van der Waals surface area (Å²) >= 11 is 0. The van der Waals surface area contributed by atoms with Gasteiger partial charge >= 0.3 is 0 Å². The number of ketones is 1. The molecule has 0 aromatic heterocycles. The Balaban J connectivity index is 2.04. The van der Waals surface area contributed by atoms with Crippen LogP contribution in [0.2, 0.25) is 0 Å². The van der Waals surface area contributed by atoms with Gasteiger partial charge in [-0.05, 0) is 42.3 Å². The lowest BCUT2D eigenvalue weighted by molar-refractivity contribution is 0.102. The Bertz CT molecular complexity index is 902. The van der Waals surface area contributed by atoms with Crippen molar-refractivity contribution < 1.29 is 23.7 Å². The lowest BCUT2D eigenvalue weighted by atomic mass is 9.92. The Labute approximate surface area is 158 Å². The van der Waals surface area contributed by atoms with Gasteiger partial charge in [-0.1, -0.05) is 13.8 Å². The molecule has 1 heterocycles. The molecule has 0 saturated heterocycles. The van der Waals surface area contributed by atoms with E-state index >= 15 is 0 Å². The highest BCUT2D eigenvalue weighted by atomic mass is 16.7. The molecule has 0 bridgehead atoms. The number of anilines is 1. The molecule has 2 aromatic rings. The number of Topliss-reactive ketones (excluding diaryl/α,β-unsaturated/α-hetero) is 1. The summed E-state index contributed by atoms with van der Waals surface area (Å²) in [6.07, 6.45) is 1.83. The first kappa shape index (κ1) is 18.6. The molecule has 0 atom stereocenters. The van der Waals surface area contributed by atoms with Crippen molar-refractivity contribution in [3.63, 3.8) is 0 Å². The monoisotopic (exact) mass is 369 g/mol. The molecule has 6 nitrogen and oxygen atoms in total. The molecule has 2 aromatic carbocycles. The SMILES string of the molecule is COc1ccc(C(=O)/C(=C/c2ccc3c(c2OC)OCO3)C(C)C)cc1N. The zero-order valence-corrected chi connectivity index (χ0v) is 15.9. The van der Waals surface area contributed by atoms with Crippen molar-refractivity contribution in [3.05, 3.63) is 47.0 Å². The first-order valence-electron chi connectivity index (χ1n) is 8.62. The first-order valence-corrected chi connectivity index (χ1v) is 8.62. The van der Waals surface area contributed by atoms with Gasteiger partial charge < -0.3 is 24.7 Å². The van der Waals surface area contributed by atoms with Gasteiger partial charge in [-0.3, -0.25) is 4.79 Å². The number of hydrogen-bond acceptors (Lipinski definition) is 6. The number of hydrogen-bond donors (Lipinski definition) is 1. The molecule has 1 aliphatic rings. The molecular formula is C21H23NO5. The van der Waals surface area contributed by atoms with E-state index < -0.39 is 0 Å². The van der Waals surface area contributed by atoms with Crippen LogP contribution in [0.25, 0.3) is 6.08 Å². The summed E-state index contributed by atoms with van der Waals surface area (Å²) in [6, 6.07) is 8.70. The molecule has 27 heavy (non-hydrogen) atoms. The van der Waals surface area contributed by atoms with E-state index in [4.69, 9.17) is 24.7 Å². The van der Waals surface area contributed by atoms with E-state index in [0.717, 1.165) is 5.56 Å². The van der Waals surface area contributed by atoms with Crippen molar-refractivity contribution >= 4 is 17.5 Å². The second kappa shape index (κ2) is 7.61. The van der Waals surface area contributed by atoms with Gasteiger partial charge in [0.05, 0.1) is 19.9 Å². The molecule has 0 amide bonds. The van der Waals surface area contributed by atoms with Gasteiger partial charge in [-0.2, -0.15) is 0 Å². The topological polar surface area (TPSA) is 80.0 Å². The van der Waals surface area contributed by atoms with Crippen molar-refractivity contribution in [1.82, 2.24) is 0 Å². The van der Waals surface area contributed by atoms with Crippen LogP contribution in [0.1, 0.15) is 29.8 Å². The molecular weight excluding hydrogens is 346 g/mol. The Hall–Kier alpha value is -3.15. The molecule has 0 fully saturated rings. The third-order valence-electron chi connectivity index (χ3n) is 4.42. The lowest BCUT2D eigenvalue weighted by Crippen LogP contribution is -2.10. The summed E-state index contributed by atoms with van der Waals surface area (Å²) < 4.78 is 21.6. The maximum absolute atomic E-state index is 13.1. The second-order valence-electron chi connectivity index (χ2n) is 6.46. The molecule has 1 aliphatic heterocycles. The largest absolute Gasteiger partial charge is 0.495 e. The van der Waals surface area contributed by atoms with Crippen LogP contribution in [-0.4, -0.2) is 26.8 Å². The van der Waals surface area contributed by atoms with Crippen LogP contribution < -0.4 is 24.7 Å². The summed E-state index contributed by atoms with van der Waals surface area (Å²) in [5.41, 5.74) is 8.28. The van der Waals surface area contributed by atoms with Crippen molar-refractivity contribution in [3.8, 4) is 23.0 Å². The number of fused-ring (bicyclic) bond motifs is 1. The fourth-order valence-electron chi connectivity index (χ4n) is 2.99. The molecule has 3 rings (SSSR count). The first-order chi connectivity index (χ1) is 13.0. The fraction of sp³-hybridized carbons (Fsp3) is 0.286. The standard InChI is InChI=1S/C21H23NO5/c1-12(2)15(19(23)13-5-7-17(24-3)16(22)10-13)9-14-6-8-18-21(20(14)25-4)27-11-26-18/h5-10,12H,11,22H2,1-4H3/b15-9+. The number of nitrogens with two attached hydrogens (primary N) is 1. The lowest BCUT2D eigenvalue weighted by Gasteiger charge is -2.14. The number of ether oxygens (including phenoxy) is 4. The smallest absolute Gasteiger partial charge is 0.231 e. The van der Waals surface area contributed by atoms with Crippen LogP contribution >= 0.6 is 0 Å². The number of carbonyl (C=O) groups excluding carboxylic acids is 1. The highest BCUT2D eigenvalue weighted by molar-refractivity contribution is 6.12. The number of benzene rings is 2. The summed E-state index contributed by atoms with van der Waals surface area (Å²) in [5, 5.41) is 0. The van der Waals surface area contributed by atoms with Gasteiger partial charge in [0.2, 0.25) is 12.5 Å². The Kier molecular flexibility index (Phi) is 5.26. The number of rotatable bonds is 6. The average Bonchev–Trinajstić information content (AvgIpc) is 3.13. The van der Waals surface area contributed by atoms with Crippen LogP contribution in [-0.2, 0) is 0 Å². The minimum atomic E-state index is -0.0981. The quantitative estimate of drug-likeness (QED) is 0.472. The van der Waals surface area contributed by atoms with Crippen LogP contribution in [0, 0.1) is 5.92 Å². The van der Waals surface area contributed by atoms with E-state index in [2.05, 4.69) is 0 Å². The molecule has 0 unspecified atom stereocenters. The van der Waals surface area contributed by atoms with Gasteiger partial charge in [0.25, 0.3) is 0 Å². The molecule has 0 saturated carbocycles. The fourth-order valence-corrected chi connectivity index (χ4v) is 2.99. The Morgan fingerprint density at radius 1 is 1.15 bits per heavy atom. The summed E-state index contributed by atoms with van der Waals surface area (Å²) in [5.74, 6) is 2.17. The zero-order chi connectivity index (χ0) is 19.6. The van der Waals surface area contributed by atoms with Crippen LogP contribution in [0.4, 0.5) is 5.69 Å². The van der Waals surface area contributed by atoms with Gasteiger partial charge in [-0.15, -0.1) is 0 Å². The number of nitrogen functional groups attached to an aromatic ring is 1. The minimum absolute atomic E-state index is 0.00375. The molecule has 142 valence electrons. The molecule has 0 spiro atoms. The van der Waals surface area contributed by atoms with E-state index in [1.54, 1.807) is 32.4 Å². The Morgan fingerprint density at radius 3 is 2.56 bits per heavy atom. The highest BCUT2D eigenvalue weighted by Crippen LogP contribution is 2.44. The number of carbonyl (C=O) groups is 1. The van der Waals surface area contributed by atoms with Gasteiger partial charge in [-0.25, -0.2) is 0 Å². The van der Waals surface area contributed by atoms with Gasteiger partial charge in [0.1, 0.15) is 5.75 Å². The number of allylic oxidation sites excluding steroid dienone is 1. The Morgan fingerprint density at radius 2 is 1.93 bits per heavy atom. The van der Waals surface area contributed by atoms with Crippen LogP contribution in [0.15, 0.2) is 35.9 Å². The third kappa shape index (κ3) is 3.56. The summed E-state index contributed by atoms with van der Waals surface area (Å²) in [4.78, 5) is 13.1. The molecule has 6 heteroatoms. The van der Waals surface area contributed by atoms with Crippen molar-refractivity contribution in [2.75, 3.05) is 26.7 Å². The predicted octanol–water partition coefficient (Wildman–Crippen LogP) is 3.94.